The fourth-order valence-corrected chi connectivity index (χ4v) is 2.90. The Morgan fingerprint density at radius 3 is 2.92 bits per heavy atom. The number of nitrogens with one attached hydrogen (secondary N) is 3. The molecule has 5 rings (SSSR count). The molecule has 26 heavy (non-hydrogen) atoms. The highest BCUT2D eigenvalue weighted by Gasteiger charge is 2.26. The van der Waals surface area contributed by atoms with Crippen LogP contribution in [-0.4, -0.2) is 29.8 Å². The van der Waals surface area contributed by atoms with Crippen molar-refractivity contribution >= 4 is 23.1 Å². The number of hydrogen-bond donors (Lipinski definition) is 3. The van der Waals surface area contributed by atoms with E-state index in [4.69, 9.17) is 0 Å². The molecule has 4 aromatic heterocycles. The minimum Gasteiger partial charge on any atom is -0.349 e. The van der Waals surface area contributed by atoms with Crippen LogP contribution in [-0.2, 0) is 6.54 Å². The van der Waals surface area contributed by atoms with Crippen LogP contribution in [0.3, 0.4) is 0 Å². The lowest BCUT2D eigenvalue weighted by Gasteiger charge is -2.09. The maximum Gasteiger partial charge on any atom is 0.243 e. The van der Waals surface area contributed by atoms with E-state index >= 15 is 0 Å². The van der Waals surface area contributed by atoms with Crippen molar-refractivity contribution in [2.45, 2.75) is 25.3 Å². The molecule has 0 aliphatic heterocycles. The monoisotopic (exact) mass is 346 g/mol. The van der Waals surface area contributed by atoms with Crippen LogP contribution >= 0.6 is 0 Å². The Labute approximate surface area is 149 Å². The minimum absolute atomic E-state index is 0.551. The van der Waals surface area contributed by atoms with Crippen LogP contribution in [0.15, 0.2) is 48.9 Å². The molecule has 0 amide bonds. The molecule has 8 heteroatoms. The predicted molar refractivity (Wildman–Crippen MR) is 98.4 cm³/mol. The van der Waals surface area contributed by atoms with Crippen molar-refractivity contribution < 1.29 is 0 Å². The van der Waals surface area contributed by atoms with Gasteiger partial charge in [-0.1, -0.05) is 0 Å². The third-order valence-electron chi connectivity index (χ3n) is 4.44. The molecule has 0 bridgehead atoms. The molecule has 1 aliphatic carbocycles. The number of anilines is 3. The molecule has 8 nitrogen and oxygen atoms in total. The van der Waals surface area contributed by atoms with Crippen LogP contribution in [0.2, 0.25) is 0 Å². The van der Waals surface area contributed by atoms with Crippen molar-refractivity contribution in [3.8, 4) is 0 Å². The smallest absolute Gasteiger partial charge is 0.243 e. The first-order valence-electron chi connectivity index (χ1n) is 8.66. The van der Waals surface area contributed by atoms with Crippen molar-refractivity contribution in [2.24, 2.45) is 0 Å². The second-order valence-corrected chi connectivity index (χ2v) is 6.44. The number of hydrogen-bond acceptors (Lipinski definition) is 6. The van der Waals surface area contributed by atoms with Gasteiger partial charge in [0.25, 0.3) is 0 Å². The number of H-pyrrole nitrogens is 1. The summed E-state index contributed by atoms with van der Waals surface area (Å²) in [6.45, 7) is 0.630. The van der Waals surface area contributed by atoms with Crippen LogP contribution in [0.1, 0.15) is 30.0 Å². The third kappa shape index (κ3) is 2.97. The van der Waals surface area contributed by atoms with Gasteiger partial charge in [0.2, 0.25) is 5.95 Å². The van der Waals surface area contributed by atoms with Gasteiger partial charge in [-0.2, -0.15) is 10.1 Å². The Hall–Kier alpha value is -3.42. The number of nitrogens with zero attached hydrogens (tertiary/aromatic N) is 5. The summed E-state index contributed by atoms with van der Waals surface area (Å²) >= 11 is 0. The fraction of sp³-hybridized carbons (Fsp3) is 0.222. The molecule has 0 radical (unpaired) electrons. The molecule has 0 atom stereocenters. The van der Waals surface area contributed by atoms with Crippen molar-refractivity contribution in [3.05, 3.63) is 60.2 Å². The molecule has 0 aromatic carbocycles. The van der Waals surface area contributed by atoms with Crippen LogP contribution in [0.5, 0.6) is 0 Å². The summed E-state index contributed by atoms with van der Waals surface area (Å²) in [6, 6.07) is 9.91. The number of fused-ring (bicyclic) bond motifs is 1. The summed E-state index contributed by atoms with van der Waals surface area (Å²) in [7, 11) is 0. The Kier molecular flexibility index (Phi) is 3.52. The quantitative estimate of drug-likeness (QED) is 0.496. The molecule has 4 heterocycles. The highest BCUT2D eigenvalue weighted by atomic mass is 15.3. The molecule has 3 N–H and O–H groups in total. The van der Waals surface area contributed by atoms with Gasteiger partial charge in [-0.3, -0.25) is 10.1 Å². The van der Waals surface area contributed by atoms with E-state index in [0.717, 1.165) is 28.4 Å². The highest BCUT2D eigenvalue weighted by molar-refractivity contribution is 5.73. The maximum absolute atomic E-state index is 4.64. The summed E-state index contributed by atoms with van der Waals surface area (Å²) in [5.74, 6) is 2.73. The number of aromatic nitrogens is 6. The molecule has 1 saturated carbocycles. The van der Waals surface area contributed by atoms with E-state index in [2.05, 4.69) is 42.0 Å². The second-order valence-electron chi connectivity index (χ2n) is 6.44. The van der Waals surface area contributed by atoms with Crippen LogP contribution in [0.4, 0.5) is 17.6 Å². The normalized spacial score (nSPS) is 13.8. The molecule has 4 aromatic rings. The first kappa shape index (κ1) is 14.9. The molecular formula is C18H18N8. The third-order valence-corrected chi connectivity index (χ3v) is 4.44. The summed E-state index contributed by atoms with van der Waals surface area (Å²) in [4.78, 5) is 8.67. The van der Waals surface area contributed by atoms with E-state index < -0.39 is 0 Å². The Balaban J connectivity index is 1.40. The molecule has 0 unspecified atom stereocenters. The SMILES string of the molecule is c1cc2c(Nc3cc(C4CC4)n[nH]3)nc(NCc3ccncc3)nn2c1. The van der Waals surface area contributed by atoms with Crippen molar-refractivity contribution in [1.29, 1.82) is 0 Å². The van der Waals surface area contributed by atoms with Gasteiger partial charge in [0.15, 0.2) is 5.82 Å². The highest BCUT2D eigenvalue weighted by Crippen LogP contribution is 2.39. The second kappa shape index (κ2) is 6.14. The van der Waals surface area contributed by atoms with Gasteiger partial charge in [-0.25, -0.2) is 4.52 Å². The van der Waals surface area contributed by atoms with E-state index in [1.54, 1.807) is 12.4 Å². The molecule has 1 fully saturated rings. The Bertz CT molecular complexity index is 1030. The average Bonchev–Trinajstić information content (AvgIpc) is 3.22. The van der Waals surface area contributed by atoms with E-state index in [0.29, 0.717) is 18.4 Å². The summed E-state index contributed by atoms with van der Waals surface area (Å²) < 4.78 is 1.81. The fourth-order valence-electron chi connectivity index (χ4n) is 2.90. The Morgan fingerprint density at radius 2 is 2.08 bits per heavy atom. The summed E-state index contributed by atoms with van der Waals surface area (Å²) in [5, 5.41) is 18.5. The van der Waals surface area contributed by atoms with E-state index in [9.17, 15) is 0 Å². The summed E-state index contributed by atoms with van der Waals surface area (Å²) in [6.07, 6.45) is 7.90. The summed E-state index contributed by atoms with van der Waals surface area (Å²) in [5.41, 5.74) is 3.14. The molecule has 0 saturated heterocycles. The largest absolute Gasteiger partial charge is 0.349 e. The molecular weight excluding hydrogens is 328 g/mol. The lowest BCUT2D eigenvalue weighted by atomic mass is 10.3. The van der Waals surface area contributed by atoms with Crippen LogP contribution in [0, 0.1) is 0 Å². The lowest BCUT2D eigenvalue weighted by Crippen LogP contribution is -2.08. The van der Waals surface area contributed by atoms with Gasteiger partial charge in [0.1, 0.15) is 11.3 Å². The van der Waals surface area contributed by atoms with Crippen molar-refractivity contribution in [2.75, 3.05) is 10.6 Å². The maximum atomic E-state index is 4.64. The first-order chi connectivity index (χ1) is 12.8. The number of aromatic amines is 1. The standard InChI is InChI=1S/C18H18N8/c1-2-15-17(21-16-10-14(23-24-16)13-3-4-13)22-18(25-26(15)9-1)20-11-12-5-7-19-8-6-12/h1-2,5-10,13H,3-4,11H2,(H3,20,21,22,23,24,25). The zero-order chi connectivity index (χ0) is 17.3. The van der Waals surface area contributed by atoms with Crippen molar-refractivity contribution in [1.82, 2.24) is 29.8 Å². The van der Waals surface area contributed by atoms with Gasteiger partial charge >= 0.3 is 0 Å². The van der Waals surface area contributed by atoms with Gasteiger partial charge in [-0.05, 0) is 42.7 Å². The van der Waals surface area contributed by atoms with Crippen LogP contribution < -0.4 is 10.6 Å². The Morgan fingerprint density at radius 1 is 1.19 bits per heavy atom. The van der Waals surface area contributed by atoms with Crippen molar-refractivity contribution in [3.63, 3.8) is 0 Å². The lowest BCUT2D eigenvalue weighted by molar-refractivity contribution is 0.894. The number of pyridine rings is 1. The molecule has 130 valence electrons. The van der Waals surface area contributed by atoms with E-state index in [1.807, 2.05) is 35.0 Å². The first-order valence-corrected chi connectivity index (χ1v) is 8.66. The van der Waals surface area contributed by atoms with E-state index in [-0.39, 0.29) is 0 Å². The molecule has 1 aliphatic rings. The van der Waals surface area contributed by atoms with Crippen LogP contribution in [0.25, 0.3) is 5.52 Å². The zero-order valence-corrected chi connectivity index (χ0v) is 14.1. The predicted octanol–water partition coefficient (Wildman–Crippen LogP) is 3.08. The van der Waals surface area contributed by atoms with Gasteiger partial charge in [0.05, 0.1) is 5.69 Å². The zero-order valence-electron chi connectivity index (χ0n) is 14.1. The van der Waals surface area contributed by atoms with Gasteiger partial charge in [0, 0.05) is 37.1 Å². The van der Waals surface area contributed by atoms with Gasteiger partial charge < -0.3 is 10.6 Å². The topological polar surface area (TPSA) is 95.8 Å². The average molecular weight is 346 g/mol. The minimum atomic E-state index is 0.551. The van der Waals surface area contributed by atoms with E-state index in [1.165, 1.54) is 12.8 Å². The van der Waals surface area contributed by atoms with Gasteiger partial charge in [-0.15, -0.1) is 5.10 Å². The number of rotatable bonds is 6. The molecule has 0 spiro atoms.